The quantitative estimate of drug-likeness (QED) is 0.666. The third-order valence-corrected chi connectivity index (χ3v) is 5.08. The predicted octanol–water partition coefficient (Wildman–Crippen LogP) is 3.73. The van der Waals surface area contributed by atoms with E-state index in [1.54, 1.807) is 30.1 Å². The van der Waals surface area contributed by atoms with Gasteiger partial charge in [-0.25, -0.2) is 19.8 Å². The van der Waals surface area contributed by atoms with E-state index >= 15 is 0 Å². The molecule has 1 N–H and O–H groups in total. The van der Waals surface area contributed by atoms with Crippen molar-refractivity contribution in [2.75, 3.05) is 6.54 Å². The van der Waals surface area contributed by atoms with Crippen LogP contribution in [-0.2, 0) is 6.18 Å². The van der Waals surface area contributed by atoms with Gasteiger partial charge in [0.2, 0.25) is 5.82 Å². The summed E-state index contributed by atoms with van der Waals surface area (Å²) >= 11 is 0. The fourth-order valence-electron chi connectivity index (χ4n) is 3.32. The molecule has 0 fully saturated rings. The highest BCUT2D eigenvalue weighted by Crippen LogP contribution is 2.27. The third kappa shape index (κ3) is 4.46. The zero-order chi connectivity index (χ0) is 22.9. The largest absolute Gasteiger partial charge is 0.451 e. The van der Waals surface area contributed by atoms with Crippen molar-refractivity contribution in [1.29, 1.82) is 0 Å². The first kappa shape index (κ1) is 21.5. The van der Waals surface area contributed by atoms with Gasteiger partial charge in [0.15, 0.2) is 0 Å². The maximum atomic E-state index is 12.9. The fraction of sp³-hybridized carbons (Fsp3) is 0.286. The molecule has 3 heterocycles. The van der Waals surface area contributed by atoms with Crippen molar-refractivity contribution in [3.8, 4) is 0 Å². The molecule has 3 aromatic rings. The number of hydrogen-bond donors (Lipinski definition) is 1. The Bertz CT molecular complexity index is 1110. The first-order chi connectivity index (χ1) is 15.2. The minimum absolute atomic E-state index is 0.257. The summed E-state index contributed by atoms with van der Waals surface area (Å²) in [4.78, 5) is 19.5. The van der Waals surface area contributed by atoms with Crippen LogP contribution >= 0.6 is 0 Å². The van der Waals surface area contributed by atoms with E-state index in [2.05, 4.69) is 25.5 Å². The highest BCUT2D eigenvalue weighted by atomic mass is 19.4. The number of rotatable bonds is 4. The summed E-state index contributed by atoms with van der Waals surface area (Å²) in [6.45, 7) is 3.87. The predicted molar refractivity (Wildman–Crippen MR) is 110 cm³/mol. The average molecular weight is 443 g/mol. The fourth-order valence-corrected chi connectivity index (χ4v) is 3.32. The lowest BCUT2D eigenvalue weighted by atomic mass is 10.0. The number of hydrazone groups is 1. The molecule has 2 atom stereocenters. The van der Waals surface area contributed by atoms with E-state index in [9.17, 15) is 18.0 Å². The molecule has 8 nitrogen and oxygen atoms in total. The van der Waals surface area contributed by atoms with Crippen LogP contribution in [0.5, 0.6) is 0 Å². The van der Waals surface area contributed by atoms with E-state index in [1.807, 2.05) is 31.2 Å². The van der Waals surface area contributed by atoms with E-state index < -0.39 is 24.1 Å². The molecule has 1 aliphatic heterocycles. The molecule has 2 aromatic heterocycles. The summed E-state index contributed by atoms with van der Waals surface area (Å²) in [7, 11) is 0. The van der Waals surface area contributed by atoms with E-state index in [4.69, 9.17) is 0 Å². The van der Waals surface area contributed by atoms with Crippen LogP contribution in [0.1, 0.15) is 41.5 Å². The summed E-state index contributed by atoms with van der Waals surface area (Å²) in [5.74, 6) is -1.23. The number of carbonyl (C=O) groups excluding carboxylic acids is 1. The summed E-state index contributed by atoms with van der Waals surface area (Å²) in [6, 6.07) is 8.22. The Morgan fingerprint density at radius 3 is 2.47 bits per heavy atom. The molecular formula is C21H20F3N7O. The number of alkyl halides is 3. The first-order valence-electron chi connectivity index (χ1n) is 9.84. The number of carbonyl (C=O) groups is 1. The van der Waals surface area contributed by atoms with Crippen molar-refractivity contribution in [1.82, 2.24) is 30.1 Å². The summed E-state index contributed by atoms with van der Waals surface area (Å²) < 4.78 is 39.7. The number of benzene rings is 1. The van der Waals surface area contributed by atoms with Crippen LogP contribution in [0.3, 0.4) is 0 Å². The van der Waals surface area contributed by atoms with Crippen LogP contribution in [0.4, 0.5) is 18.0 Å². The number of nitrogens with zero attached hydrogens (tertiary/aromatic N) is 6. The molecule has 0 aliphatic carbocycles. The lowest BCUT2D eigenvalue weighted by molar-refractivity contribution is -0.145. The number of hydrogen-bond acceptors (Lipinski definition) is 5. The van der Waals surface area contributed by atoms with Gasteiger partial charge in [0.05, 0.1) is 18.3 Å². The Morgan fingerprint density at radius 1 is 1.19 bits per heavy atom. The van der Waals surface area contributed by atoms with Crippen LogP contribution in [0.2, 0.25) is 0 Å². The van der Waals surface area contributed by atoms with E-state index in [0.717, 1.165) is 23.5 Å². The number of urea groups is 1. The zero-order valence-corrected chi connectivity index (χ0v) is 17.3. The Balaban J connectivity index is 1.52. The van der Waals surface area contributed by atoms with Crippen molar-refractivity contribution in [3.63, 3.8) is 0 Å². The van der Waals surface area contributed by atoms with E-state index in [0.29, 0.717) is 11.3 Å². The Kier molecular flexibility index (Phi) is 5.64. The normalized spacial score (nSPS) is 17.2. The minimum atomic E-state index is -4.62. The van der Waals surface area contributed by atoms with Crippen molar-refractivity contribution < 1.29 is 18.0 Å². The summed E-state index contributed by atoms with van der Waals surface area (Å²) in [6.07, 6.45) is 0.944. The zero-order valence-electron chi connectivity index (χ0n) is 17.3. The maximum absolute atomic E-state index is 12.9. The lowest BCUT2D eigenvalue weighted by Crippen LogP contribution is -2.38. The smallest absolute Gasteiger partial charge is 0.330 e. The second kappa shape index (κ2) is 8.40. The molecule has 4 rings (SSSR count). The SMILES string of the molecule is Cc1ccc(C2=NN(C(=O)N[C@H](C)c3cnc(C(F)(F)F)nc3)CC2n2cccn2)cc1. The minimum Gasteiger partial charge on any atom is -0.330 e. The van der Waals surface area contributed by atoms with E-state index in [1.165, 1.54) is 5.01 Å². The van der Waals surface area contributed by atoms with Crippen molar-refractivity contribution in [2.24, 2.45) is 5.10 Å². The molecule has 1 unspecified atom stereocenters. The Morgan fingerprint density at radius 2 is 1.88 bits per heavy atom. The molecular weight excluding hydrogens is 423 g/mol. The molecule has 166 valence electrons. The van der Waals surface area contributed by atoms with Gasteiger partial charge in [0.25, 0.3) is 0 Å². The highest BCUT2D eigenvalue weighted by Gasteiger charge is 2.35. The Labute approximate surface area is 181 Å². The standard InChI is InChI=1S/C21H20F3N7O/c1-13-4-6-15(7-5-13)18-17(30-9-3-8-27-30)12-31(29-18)20(32)28-14(2)16-10-25-19(26-11-16)21(22,23)24/h3-11,14,17H,12H2,1-2H3,(H,28,32)/t14-,17?/m1/s1. The molecule has 1 aromatic carbocycles. The second-order valence-corrected chi connectivity index (χ2v) is 7.44. The van der Waals surface area contributed by atoms with Gasteiger partial charge in [-0.15, -0.1) is 0 Å². The maximum Gasteiger partial charge on any atom is 0.451 e. The van der Waals surface area contributed by atoms with Gasteiger partial charge in [-0.05, 0) is 19.9 Å². The van der Waals surface area contributed by atoms with Crippen LogP contribution in [0.15, 0.2) is 60.2 Å². The van der Waals surface area contributed by atoms with Crippen molar-refractivity contribution in [2.45, 2.75) is 32.1 Å². The average Bonchev–Trinajstić information content (AvgIpc) is 3.44. The molecule has 2 amide bonds. The number of aromatic nitrogens is 4. The van der Waals surface area contributed by atoms with Crippen LogP contribution in [0, 0.1) is 6.92 Å². The van der Waals surface area contributed by atoms with Crippen molar-refractivity contribution >= 4 is 11.7 Å². The van der Waals surface area contributed by atoms with Gasteiger partial charge >= 0.3 is 12.2 Å². The molecule has 11 heteroatoms. The molecule has 0 saturated heterocycles. The number of amides is 2. The number of nitrogens with one attached hydrogen (secondary N) is 1. The van der Waals surface area contributed by atoms with Gasteiger partial charge in [0, 0.05) is 35.9 Å². The third-order valence-electron chi connectivity index (χ3n) is 5.08. The second-order valence-electron chi connectivity index (χ2n) is 7.44. The van der Waals surface area contributed by atoms with Crippen LogP contribution in [0.25, 0.3) is 0 Å². The highest BCUT2D eigenvalue weighted by molar-refractivity contribution is 6.05. The molecule has 0 radical (unpaired) electrons. The van der Waals surface area contributed by atoms with Crippen LogP contribution < -0.4 is 5.32 Å². The van der Waals surface area contributed by atoms with Gasteiger partial charge in [-0.2, -0.15) is 23.4 Å². The van der Waals surface area contributed by atoms with Gasteiger partial charge in [0.1, 0.15) is 6.04 Å². The summed E-state index contributed by atoms with van der Waals surface area (Å²) in [5.41, 5.74) is 3.01. The molecule has 0 spiro atoms. The molecule has 32 heavy (non-hydrogen) atoms. The van der Waals surface area contributed by atoms with Gasteiger partial charge in [-0.3, -0.25) is 4.68 Å². The van der Waals surface area contributed by atoms with Gasteiger partial charge < -0.3 is 5.32 Å². The number of halogens is 3. The lowest BCUT2D eigenvalue weighted by Gasteiger charge is -2.19. The van der Waals surface area contributed by atoms with Crippen molar-refractivity contribution in [3.05, 3.63) is 77.6 Å². The van der Waals surface area contributed by atoms with Gasteiger partial charge in [-0.1, -0.05) is 29.8 Å². The number of aryl methyl sites for hydroxylation is 1. The molecule has 0 saturated carbocycles. The first-order valence-corrected chi connectivity index (χ1v) is 9.84. The monoisotopic (exact) mass is 443 g/mol. The topological polar surface area (TPSA) is 88.3 Å². The molecule has 0 bridgehead atoms. The van der Waals surface area contributed by atoms with Crippen LogP contribution in [-0.4, -0.2) is 43.0 Å². The Hall–Kier alpha value is -3.76. The van der Waals surface area contributed by atoms with E-state index in [-0.39, 0.29) is 12.6 Å². The summed E-state index contributed by atoms with van der Waals surface area (Å²) in [5, 5.41) is 12.8. The molecule has 1 aliphatic rings.